The number of carbonyl (C=O) groups excluding carboxylic acids is 1. The predicted octanol–water partition coefficient (Wildman–Crippen LogP) is 4.26. The maximum atomic E-state index is 11.9. The molecule has 0 aliphatic carbocycles. The van der Waals surface area contributed by atoms with Gasteiger partial charge in [-0.15, -0.1) is 0 Å². The molecule has 0 atom stereocenters. The lowest BCUT2D eigenvalue weighted by Gasteiger charge is -2.07. The molecule has 110 valence electrons. The number of thioether (sulfide) groups is 1. The van der Waals surface area contributed by atoms with Crippen molar-refractivity contribution in [2.45, 2.75) is 12.7 Å². The second-order valence-electron chi connectivity index (χ2n) is 4.74. The Morgan fingerprint density at radius 1 is 1.14 bits per heavy atom. The van der Waals surface area contributed by atoms with Gasteiger partial charge in [0, 0.05) is 27.2 Å². The van der Waals surface area contributed by atoms with E-state index in [1.165, 1.54) is 11.1 Å². The van der Waals surface area contributed by atoms with E-state index in [1.54, 1.807) is 0 Å². The van der Waals surface area contributed by atoms with Crippen molar-refractivity contribution in [1.29, 1.82) is 0 Å². The van der Waals surface area contributed by atoms with E-state index in [2.05, 4.69) is 59.1 Å². The zero-order valence-corrected chi connectivity index (χ0v) is 14.9. The maximum Gasteiger partial charge on any atom is 0.251 e. The molecular formula is C17H18INOS. The highest BCUT2D eigenvalue weighted by atomic mass is 127. The summed E-state index contributed by atoms with van der Waals surface area (Å²) in [4.78, 5) is 11.9. The van der Waals surface area contributed by atoms with Crippen LogP contribution in [0.2, 0.25) is 0 Å². The molecular weight excluding hydrogens is 393 g/mol. The first-order valence-electron chi connectivity index (χ1n) is 6.83. The van der Waals surface area contributed by atoms with Gasteiger partial charge >= 0.3 is 0 Å². The molecule has 2 nitrogen and oxygen atoms in total. The van der Waals surface area contributed by atoms with Gasteiger partial charge in [0.15, 0.2) is 0 Å². The number of rotatable bonds is 6. The summed E-state index contributed by atoms with van der Waals surface area (Å²) in [5.74, 6) is 1.92. The third kappa shape index (κ3) is 5.36. The van der Waals surface area contributed by atoms with Gasteiger partial charge < -0.3 is 5.32 Å². The molecule has 0 spiro atoms. The summed E-state index contributed by atoms with van der Waals surface area (Å²) in [6, 6.07) is 16.0. The highest BCUT2D eigenvalue weighted by molar-refractivity contribution is 14.1. The average molecular weight is 411 g/mol. The molecule has 0 saturated carbocycles. The molecule has 2 aromatic rings. The molecule has 0 aromatic heterocycles. The zero-order valence-electron chi connectivity index (χ0n) is 11.9. The Bertz CT molecular complexity index is 598. The van der Waals surface area contributed by atoms with Crippen LogP contribution in [0.5, 0.6) is 0 Å². The zero-order chi connectivity index (χ0) is 15.1. The SMILES string of the molecule is Cc1ccccc1CSCCNC(=O)c1ccc(I)cc1. The number of amides is 1. The van der Waals surface area contributed by atoms with E-state index in [9.17, 15) is 4.79 Å². The first-order valence-corrected chi connectivity index (χ1v) is 9.06. The molecule has 0 heterocycles. The number of aryl methyl sites for hydroxylation is 1. The minimum Gasteiger partial charge on any atom is -0.351 e. The van der Waals surface area contributed by atoms with Gasteiger partial charge in [0.2, 0.25) is 0 Å². The Kier molecular flexibility index (Phi) is 6.57. The van der Waals surface area contributed by atoms with Gasteiger partial charge in [-0.2, -0.15) is 11.8 Å². The molecule has 2 rings (SSSR count). The average Bonchev–Trinajstić information content (AvgIpc) is 2.49. The summed E-state index contributed by atoms with van der Waals surface area (Å²) in [5, 5.41) is 2.96. The fourth-order valence-electron chi connectivity index (χ4n) is 1.89. The summed E-state index contributed by atoms with van der Waals surface area (Å²) >= 11 is 4.08. The van der Waals surface area contributed by atoms with Crippen molar-refractivity contribution >= 4 is 40.3 Å². The number of hydrogen-bond acceptors (Lipinski definition) is 2. The van der Waals surface area contributed by atoms with Gasteiger partial charge in [0.05, 0.1) is 0 Å². The van der Waals surface area contributed by atoms with Crippen LogP contribution in [-0.4, -0.2) is 18.2 Å². The lowest BCUT2D eigenvalue weighted by atomic mass is 10.1. The summed E-state index contributed by atoms with van der Waals surface area (Å²) in [6.45, 7) is 2.83. The fraction of sp³-hybridized carbons (Fsp3) is 0.235. The van der Waals surface area contributed by atoms with Crippen LogP contribution in [0.4, 0.5) is 0 Å². The summed E-state index contributed by atoms with van der Waals surface area (Å²) in [6.07, 6.45) is 0. The van der Waals surface area contributed by atoms with Crippen LogP contribution < -0.4 is 5.32 Å². The third-order valence-corrected chi connectivity index (χ3v) is 4.88. The maximum absolute atomic E-state index is 11.9. The highest BCUT2D eigenvalue weighted by Crippen LogP contribution is 2.15. The standard InChI is InChI=1S/C17H18INOS/c1-13-4-2-3-5-15(13)12-21-11-10-19-17(20)14-6-8-16(18)9-7-14/h2-9H,10-12H2,1H3,(H,19,20). The van der Waals surface area contributed by atoms with Crippen LogP contribution in [0.25, 0.3) is 0 Å². The van der Waals surface area contributed by atoms with Crippen molar-refractivity contribution in [1.82, 2.24) is 5.32 Å². The molecule has 0 saturated heterocycles. The van der Waals surface area contributed by atoms with Crippen molar-refractivity contribution in [3.8, 4) is 0 Å². The Balaban J connectivity index is 1.69. The van der Waals surface area contributed by atoms with Crippen LogP contribution in [0.15, 0.2) is 48.5 Å². The van der Waals surface area contributed by atoms with Crippen LogP contribution in [0.1, 0.15) is 21.5 Å². The van der Waals surface area contributed by atoms with Crippen molar-refractivity contribution < 1.29 is 4.79 Å². The van der Waals surface area contributed by atoms with E-state index in [4.69, 9.17) is 0 Å². The van der Waals surface area contributed by atoms with Gasteiger partial charge in [-0.25, -0.2) is 0 Å². The quantitative estimate of drug-likeness (QED) is 0.569. The van der Waals surface area contributed by atoms with Crippen LogP contribution >= 0.6 is 34.4 Å². The van der Waals surface area contributed by atoms with Gasteiger partial charge in [-0.1, -0.05) is 24.3 Å². The van der Waals surface area contributed by atoms with E-state index in [-0.39, 0.29) is 5.91 Å². The molecule has 1 N–H and O–H groups in total. The van der Waals surface area contributed by atoms with Crippen molar-refractivity contribution in [2.75, 3.05) is 12.3 Å². The topological polar surface area (TPSA) is 29.1 Å². The molecule has 2 aromatic carbocycles. The van der Waals surface area contributed by atoms with E-state index >= 15 is 0 Å². The lowest BCUT2D eigenvalue weighted by molar-refractivity contribution is 0.0956. The molecule has 0 fully saturated rings. The van der Waals surface area contributed by atoms with Gasteiger partial charge in [-0.05, 0) is 64.9 Å². The van der Waals surface area contributed by atoms with Crippen molar-refractivity contribution in [3.63, 3.8) is 0 Å². The Hall–Kier alpha value is -1.01. The number of carbonyl (C=O) groups is 1. The number of benzene rings is 2. The Morgan fingerprint density at radius 3 is 2.57 bits per heavy atom. The summed E-state index contributed by atoms with van der Waals surface area (Å²) < 4.78 is 1.14. The van der Waals surface area contributed by atoms with Gasteiger partial charge in [0.1, 0.15) is 0 Å². The Morgan fingerprint density at radius 2 is 1.86 bits per heavy atom. The first kappa shape index (κ1) is 16.4. The van der Waals surface area contributed by atoms with Crippen LogP contribution in [0, 0.1) is 10.5 Å². The van der Waals surface area contributed by atoms with E-state index in [0.29, 0.717) is 6.54 Å². The van der Waals surface area contributed by atoms with Gasteiger partial charge in [-0.3, -0.25) is 4.79 Å². The largest absolute Gasteiger partial charge is 0.351 e. The molecule has 0 bridgehead atoms. The van der Waals surface area contributed by atoms with Crippen LogP contribution in [-0.2, 0) is 5.75 Å². The number of hydrogen-bond donors (Lipinski definition) is 1. The molecule has 0 aliphatic heterocycles. The van der Waals surface area contributed by atoms with E-state index < -0.39 is 0 Å². The minimum atomic E-state index is 0.00268. The first-order chi connectivity index (χ1) is 10.2. The van der Waals surface area contributed by atoms with Crippen molar-refractivity contribution in [3.05, 3.63) is 68.8 Å². The molecule has 0 radical (unpaired) electrons. The molecule has 4 heteroatoms. The van der Waals surface area contributed by atoms with E-state index in [1.807, 2.05) is 36.0 Å². The third-order valence-electron chi connectivity index (χ3n) is 3.16. The second-order valence-corrected chi connectivity index (χ2v) is 7.09. The van der Waals surface area contributed by atoms with Gasteiger partial charge in [0.25, 0.3) is 5.91 Å². The molecule has 1 amide bonds. The summed E-state index contributed by atoms with van der Waals surface area (Å²) in [5.41, 5.74) is 3.42. The van der Waals surface area contributed by atoms with E-state index in [0.717, 1.165) is 20.6 Å². The molecule has 21 heavy (non-hydrogen) atoms. The van der Waals surface area contributed by atoms with Crippen LogP contribution in [0.3, 0.4) is 0 Å². The Labute approximate surface area is 143 Å². The summed E-state index contributed by atoms with van der Waals surface area (Å²) in [7, 11) is 0. The monoisotopic (exact) mass is 411 g/mol. The fourth-order valence-corrected chi connectivity index (χ4v) is 3.19. The molecule has 0 unspecified atom stereocenters. The minimum absolute atomic E-state index is 0.00268. The second kappa shape index (κ2) is 8.44. The van der Waals surface area contributed by atoms with Crippen molar-refractivity contribution in [2.24, 2.45) is 0 Å². The normalized spacial score (nSPS) is 10.4. The number of halogens is 1. The lowest BCUT2D eigenvalue weighted by Crippen LogP contribution is -2.25. The molecule has 0 aliphatic rings. The highest BCUT2D eigenvalue weighted by Gasteiger charge is 2.04. The number of nitrogens with one attached hydrogen (secondary N) is 1. The predicted molar refractivity (Wildman–Crippen MR) is 98.8 cm³/mol. The smallest absolute Gasteiger partial charge is 0.251 e.